The standard InChI is InChI=1S/C15H16O3/c1-3-10-17-13-7-5-4-6-12(13)15(16)14-9-8-11(2)18-14/h4-9H,3,10H2,1-2H3. The van der Waals surface area contributed by atoms with Crippen molar-refractivity contribution in [1.82, 2.24) is 0 Å². The van der Waals surface area contributed by atoms with Crippen LogP contribution in [0.1, 0.15) is 35.2 Å². The van der Waals surface area contributed by atoms with Gasteiger partial charge < -0.3 is 9.15 Å². The number of hydrogen-bond donors (Lipinski definition) is 0. The van der Waals surface area contributed by atoms with Gasteiger partial charge in [0.1, 0.15) is 11.5 Å². The molecule has 0 aliphatic heterocycles. The van der Waals surface area contributed by atoms with Crippen molar-refractivity contribution in [1.29, 1.82) is 0 Å². The van der Waals surface area contributed by atoms with Gasteiger partial charge in [-0.25, -0.2) is 0 Å². The summed E-state index contributed by atoms with van der Waals surface area (Å²) in [5.41, 5.74) is 0.542. The highest BCUT2D eigenvalue weighted by molar-refractivity contribution is 6.08. The first-order chi connectivity index (χ1) is 8.72. The van der Waals surface area contributed by atoms with Crippen LogP contribution in [0.4, 0.5) is 0 Å². The molecule has 1 aromatic carbocycles. The zero-order valence-corrected chi connectivity index (χ0v) is 10.6. The third kappa shape index (κ3) is 2.62. The van der Waals surface area contributed by atoms with Crippen molar-refractivity contribution in [3.8, 4) is 5.75 Å². The van der Waals surface area contributed by atoms with E-state index in [-0.39, 0.29) is 5.78 Å². The normalized spacial score (nSPS) is 10.3. The lowest BCUT2D eigenvalue weighted by Gasteiger charge is -2.08. The molecule has 0 amide bonds. The predicted molar refractivity (Wildman–Crippen MR) is 69.1 cm³/mol. The van der Waals surface area contributed by atoms with Crippen molar-refractivity contribution in [2.24, 2.45) is 0 Å². The Morgan fingerprint density at radius 2 is 2.00 bits per heavy atom. The fourth-order valence-electron chi connectivity index (χ4n) is 1.68. The minimum Gasteiger partial charge on any atom is -0.493 e. The summed E-state index contributed by atoms with van der Waals surface area (Å²) in [5, 5.41) is 0. The zero-order valence-electron chi connectivity index (χ0n) is 10.6. The number of carbonyl (C=O) groups is 1. The molecule has 0 N–H and O–H groups in total. The van der Waals surface area contributed by atoms with Crippen LogP contribution in [0.5, 0.6) is 5.75 Å². The second-order valence-corrected chi connectivity index (χ2v) is 4.08. The number of benzene rings is 1. The predicted octanol–water partition coefficient (Wildman–Crippen LogP) is 3.61. The Balaban J connectivity index is 2.29. The van der Waals surface area contributed by atoms with Crippen molar-refractivity contribution < 1.29 is 13.9 Å². The average Bonchev–Trinajstić information content (AvgIpc) is 2.82. The van der Waals surface area contributed by atoms with E-state index in [1.165, 1.54) is 0 Å². The zero-order chi connectivity index (χ0) is 13.0. The number of rotatable bonds is 5. The first-order valence-corrected chi connectivity index (χ1v) is 6.05. The van der Waals surface area contributed by atoms with Gasteiger partial charge in [-0.05, 0) is 37.6 Å². The summed E-state index contributed by atoms with van der Waals surface area (Å²) >= 11 is 0. The molecule has 0 saturated carbocycles. The Kier molecular flexibility index (Phi) is 3.82. The first kappa shape index (κ1) is 12.4. The Labute approximate surface area is 106 Å². The Hall–Kier alpha value is -2.03. The molecule has 0 spiro atoms. The maximum absolute atomic E-state index is 12.3. The molecule has 0 aliphatic rings. The molecule has 94 valence electrons. The summed E-state index contributed by atoms with van der Waals surface area (Å²) in [6, 6.07) is 10.7. The van der Waals surface area contributed by atoms with Crippen LogP contribution in [0.15, 0.2) is 40.8 Å². The number of ketones is 1. The Bertz CT molecular complexity index is 540. The second-order valence-electron chi connectivity index (χ2n) is 4.08. The maximum atomic E-state index is 12.3. The lowest BCUT2D eigenvalue weighted by molar-refractivity contribution is 0.100. The molecule has 3 nitrogen and oxygen atoms in total. The molecule has 0 saturated heterocycles. The van der Waals surface area contributed by atoms with Gasteiger partial charge in [0.25, 0.3) is 0 Å². The molecule has 0 bridgehead atoms. The quantitative estimate of drug-likeness (QED) is 0.754. The van der Waals surface area contributed by atoms with Crippen LogP contribution in [-0.4, -0.2) is 12.4 Å². The van der Waals surface area contributed by atoms with Crippen LogP contribution >= 0.6 is 0 Å². The topological polar surface area (TPSA) is 39.4 Å². The van der Waals surface area contributed by atoms with Crippen molar-refractivity contribution in [3.05, 3.63) is 53.5 Å². The van der Waals surface area contributed by atoms with Crippen LogP contribution in [0, 0.1) is 6.92 Å². The molecule has 0 atom stereocenters. The van der Waals surface area contributed by atoms with Crippen LogP contribution in [-0.2, 0) is 0 Å². The van der Waals surface area contributed by atoms with E-state index in [0.717, 1.165) is 12.2 Å². The van der Waals surface area contributed by atoms with Crippen molar-refractivity contribution >= 4 is 5.78 Å². The van der Waals surface area contributed by atoms with E-state index in [1.54, 1.807) is 24.3 Å². The minimum atomic E-state index is -0.144. The summed E-state index contributed by atoms with van der Waals surface area (Å²) in [4.78, 5) is 12.3. The van der Waals surface area contributed by atoms with Gasteiger partial charge >= 0.3 is 0 Å². The SMILES string of the molecule is CCCOc1ccccc1C(=O)c1ccc(C)o1. The van der Waals surface area contributed by atoms with Crippen molar-refractivity contribution in [3.63, 3.8) is 0 Å². The van der Waals surface area contributed by atoms with E-state index in [9.17, 15) is 4.79 Å². The van der Waals surface area contributed by atoms with Gasteiger partial charge in [0.2, 0.25) is 5.78 Å². The number of carbonyl (C=O) groups excluding carboxylic acids is 1. The fraction of sp³-hybridized carbons (Fsp3) is 0.267. The maximum Gasteiger partial charge on any atom is 0.231 e. The molecule has 0 aliphatic carbocycles. The number of hydrogen-bond acceptors (Lipinski definition) is 3. The average molecular weight is 244 g/mol. The van der Waals surface area contributed by atoms with Crippen LogP contribution in [0.3, 0.4) is 0 Å². The number of aryl methyl sites for hydroxylation is 1. The second kappa shape index (κ2) is 5.54. The first-order valence-electron chi connectivity index (χ1n) is 6.05. The van der Waals surface area contributed by atoms with E-state index >= 15 is 0 Å². The number of ether oxygens (including phenoxy) is 1. The summed E-state index contributed by atoms with van der Waals surface area (Å²) in [7, 11) is 0. The van der Waals surface area contributed by atoms with Crippen molar-refractivity contribution in [2.75, 3.05) is 6.61 Å². The highest BCUT2D eigenvalue weighted by Gasteiger charge is 2.17. The summed E-state index contributed by atoms with van der Waals surface area (Å²) < 4.78 is 10.9. The van der Waals surface area contributed by atoms with Crippen LogP contribution in [0.25, 0.3) is 0 Å². The van der Waals surface area contributed by atoms with E-state index in [1.807, 2.05) is 26.0 Å². The molecular weight excluding hydrogens is 228 g/mol. The molecule has 1 aromatic heterocycles. The van der Waals surface area contributed by atoms with Crippen LogP contribution in [0.2, 0.25) is 0 Å². The number of para-hydroxylation sites is 1. The summed E-state index contributed by atoms with van der Waals surface area (Å²) in [5.74, 6) is 1.54. The summed E-state index contributed by atoms with van der Waals surface area (Å²) in [6.45, 7) is 4.44. The largest absolute Gasteiger partial charge is 0.493 e. The molecule has 0 fully saturated rings. The van der Waals surface area contributed by atoms with Gasteiger partial charge in [0, 0.05) is 0 Å². The molecule has 0 unspecified atom stereocenters. The number of furan rings is 1. The molecule has 2 rings (SSSR count). The van der Waals surface area contributed by atoms with Crippen molar-refractivity contribution in [2.45, 2.75) is 20.3 Å². The van der Waals surface area contributed by atoms with Gasteiger partial charge in [-0.1, -0.05) is 19.1 Å². The third-order valence-corrected chi connectivity index (χ3v) is 2.56. The molecule has 2 aromatic rings. The van der Waals surface area contributed by atoms with Gasteiger partial charge in [0.05, 0.1) is 12.2 Å². The van der Waals surface area contributed by atoms with Gasteiger partial charge in [-0.15, -0.1) is 0 Å². The van der Waals surface area contributed by atoms with E-state index in [4.69, 9.17) is 9.15 Å². The smallest absolute Gasteiger partial charge is 0.231 e. The minimum absolute atomic E-state index is 0.144. The van der Waals surface area contributed by atoms with E-state index in [0.29, 0.717) is 23.7 Å². The third-order valence-electron chi connectivity index (χ3n) is 2.56. The van der Waals surface area contributed by atoms with E-state index in [2.05, 4.69) is 0 Å². The Morgan fingerprint density at radius 3 is 2.67 bits per heavy atom. The molecule has 1 heterocycles. The molecule has 0 radical (unpaired) electrons. The monoisotopic (exact) mass is 244 g/mol. The fourth-order valence-corrected chi connectivity index (χ4v) is 1.68. The highest BCUT2D eigenvalue weighted by Crippen LogP contribution is 2.22. The van der Waals surface area contributed by atoms with Gasteiger partial charge in [0.15, 0.2) is 5.76 Å². The molecule has 18 heavy (non-hydrogen) atoms. The molecular formula is C15H16O3. The van der Waals surface area contributed by atoms with E-state index < -0.39 is 0 Å². The lowest BCUT2D eigenvalue weighted by atomic mass is 10.1. The lowest BCUT2D eigenvalue weighted by Crippen LogP contribution is -2.05. The highest BCUT2D eigenvalue weighted by atomic mass is 16.5. The van der Waals surface area contributed by atoms with Gasteiger partial charge in [-0.3, -0.25) is 4.79 Å². The van der Waals surface area contributed by atoms with Gasteiger partial charge in [-0.2, -0.15) is 0 Å². The molecule has 3 heteroatoms. The summed E-state index contributed by atoms with van der Waals surface area (Å²) in [6.07, 6.45) is 0.905. The Morgan fingerprint density at radius 1 is 1.22 bits per heavy atom. The van der Waals surface area contributed by atoms with Crippen LogP contribution < -0.4 is 4.74 Å².